The molecule has 0 aliphatic carbocycles. The summed E-state index contributed by atoms with van der Waals surface area (Å²) in [7, 11) is 0. The number of nitrogens with two attached hydrogens (primary N) is 1. The zero-order valence-electron chi connectivity index (χ0n) is 11.9. The minimum atomic E-state index is -7.95. The van der Waals surface area contributed by atoms with Crippen LogP contribution in [-0.4, -0.2) is 54.9 Å². The maximum atomic E-state index is 13.2. The Morgan fingerprint density at radius 1 is 0.692 bits per heavy atom. The molecule has 0 radical (unpaired) electrons. The van der Waals surface area contributed by atoms with E-state index in [1.165, 1.54) is 0 Å². The predicted molar refractivity (Wildman–Crippen MR) is 55.4 cm³/mol. The lowest BCUT2D eigenvalue weighted by molar-refractivity contribution is -0.440. The van der Waals surface area contributed by atoms with E-state index >= 15 is 0 Å². The molecule has 0 unspecified atom stereocenters. The molecule has 2 N–H and O–H groups in total. The molecule has 0 saturated carbocycles. The second kappa shape index (κ2) is 6.92. The summed E-state index contributed by atoms with van der Waals surface area (Å²) >= 11 is 0. The number of hydrogen-bond acceptors (Lipinski definition) is 3. The molecule has 16 heteroatoms. The van der Waals surface area contributed by atoms with E-state index in [1.54, 1.807) is 0 Å². The summed E-state index contributed by atoms with van der Waals surface area (Å²) < 4.78 is 169. The number of alkyl halides is 13. The lowest BCUT2D eigenvalue weighted by Crippen LogP contribution is -2.70. The smallest absolute Gasteiger partial charge is 0.460 e. The van der Waals surface area contributed by atoms with Gasteiger partial charge in [0.15, 0.2) is 0 Å². The van der Waals surface area contributed by atoms with E-state index in [9.17, 15) is 61.9 Å². The Kier molecular flexibility index (Phi) is 6.53. The Morgan fingerprint density at radius 3 is 1.42 bits per heavy atom. The van der Waals surface area contributed by atoms with Crippen LogP contribution in [0.15, 0.2) is 0 Å². The Morgan fingerprint density at radius 2 is 1.08 bits per heavy atom. The lowest BCUT2D eigenvalue weighted by atomic mass is 9.93. The average Bonchev–Trinajstić information content (AvgIpc) is 2.44. The van der Waals surface area contributed by atoms with Crippen LogP contribution in [0.1, 0.15) is 6.42 Å². The molecular weight excluding hydrogens is 413 g/mol. The third-order valence-corrected chi connectivity index (χ3v) is 2.84. The van der Waals surface area contributed by atoms with Crippen LogP contribution in [0.3, 0.4) is 0 Å². The van der Waals surface area contributed by atoms with Crippen molar-refractivity contribution in [3.63, 3.8) is 0 Å². The topological polar surface area (TPSA) is 52.3 Å². The molecule has 3 nitrogen and oxygen atoms in total. The van der Waals surface area contributed by atoms with Gasteiger partial charge in [0.1, 0.15) is 0 Å². The first kappa shape index (κ1) is 24.5. The highest BCUT2D eigenvalue weighted by Gasteiger charge is 2.90. The van der Waals surface area contributed by atoms with Crippen LogP contribution >= 0.6 is 0 Å². The van der Waals surface area contributed by atoms with Gasteiger partial charge < -0.3 is 10.5 Å². The third-order valence-electron chi connectivity index (χ3n) is 2.84. The van der Waals surface area contributed by atoms with E-state index in [0.717, 1.165) is 0 Å². The third kappa shape index (κ3) is 3.78. The number of rotatable bonds is 8. The summed E-state index contributed by atoms with van der Waals surface area (Å²) in [5.41, 5.74) is 4.60. The second-order valence-electron chi connectivity index (χ2n) is 4.67. The van der Waals surface area contributed by atoms with Crippen LogP contribution in [-0.2, 0) is 9.53 Å². The van der Waals surface area contributed by atoms with Gasteiger partial charge in [-0.3, -0.25) is 4.79 Å². The first-order valence-electron chi connectivity index (χ1n) is 6.02. The molecule has 0 rings (SSSR count). The monoisotopic (exact) mass is 421 g/mol. The molecular formula is C10H8F13NO2. The highest BCUT2D eigenvalue weighted by Crippen LogP contribution is 2.60. The standard InChI is InChI=1S/C10H8F13NO2/c11-5(12,1-2-26-4(25)3-24)6(13,14)7(15,16)8(17,18)9(19,20)10(21,22)23/h1-3,24H2. The van der Waals surface area contributed by atoms with Gasteiger partial charge in [-0.1, -0.05) is 0 Å². The molecule has 0 fully saturated rings. The average molecular weight is 421 g/mol. The second-order valence-corrected chi connectivity index (χ2v) is 4.67. The highest BCUT2D eigenvalue weighted by molar-refractivity contribution is 5.71. The van der Waals surface area contributed by atoms with Crippen molar-refractivity contribution in [2.45, 2.75) is 42.2 Å². The molecule has 26 heavy (non-hydrogen) atoms. The Labute approximate surface area is 135 Å². The molecule has 0 aromatic carbocycles. The normalized spacial score (nSPS) is 15.2. The fourth-order valence-electron chi connectivity index (χ4n) is 1.31. The highest BCUT2D eigenvalue weighted by atomic mass is 19.4. The number of esters is 1. The fourth-order valence-corrected chi connectivity index (χ4v) is 1.31. The van der Waals surface area contributed by atoms with Crippen LogP contribution in [0.2, 0.25) is 0 Å². The molecule has 0 bridgehead atoms. The van der Waals surface area contributed by atoms with Crippen molar-refractivity contribution in [2.24, 2.45) is 5.73 Å². The van der Waals surface area contributed by atoms with Crippen molar-refractivity contribution in [3.8, 4) is 0 Å². The van der Waals surface area contributed by atoms with Crippen molar-refractivity contribution < 1.29 is 66.6 Å². The zero-order valence-corrected chi connectivity index (χ0v) is 11.9. The van der Waals surface area contributed by atoms with E-state index < -0.39 is 61.3 Å². The molecule has 0 amide bonds. The molecule has 0 aliphatic rings. The number of halogens is 13. The molecule has 0 spiro atoms. The molecule has 0 aliphatic heterocycles. The zero-order chi connectivity index (χ0) is 21.4. The molecule has 0 heterocycles. The van der Waals surface area contributed by atoms with Gasteiger partial charge in [0.25, 0.3) is 0 Å². The summed E-state index contributed by atoms with van der Waals surface area (Å²) in [4.78, 5) is 10.5. The Bertz CT molecular complexity index is 514. The van der Waals surface area contributed by atoms with Gasteiger partial charge in [-0.25, -0.2) is 0 Å². The van der Waals surface area contributed by atoms with Crippen molar-refractivity contribution in [1.82, 2.24) is 0 Å². The van der Waals surface area contributed by atoms with Crippen LogP contribution in [0.25, 0.3) is 0 Å². The van der Waals surface area contributed by atoms with E-state index in [-0.39, 0.29) is 0 Å². The largest absolute Gasteiger partial charge is 0.465 e. The minimum Gasteiger partial charge on any atom is -0.465 e. The minimum absolute atomic E-state index is 0.978. The molecule has 0 aromatic rings. The summed E-state index contributed by atoms with van der Waals surface area (Å²) in [6, 6.07) is 0. The van der Waals surface area contributed by atoms with Gasteiger partial charge in [0.2, 0.25) is 0 Å². The van der Waals surface area contributed by atoms with Gasteiger partial charge in [-0.15, -0.1) is 0 Å². The number of hydrogen-bond donors (Lipinski definition) is 1. The molecule has 156 valence electrons. The SMILES string of the molecule is NCC(=O)OCCC(F)(F)C(F)(F)C(F)(F)C(F)(F)C(F)(F)C(F)(F)F. The molecule has 0 aromatic heterocycles. The predicted octanol–water partition coefficient (Wildman–Crippen LogP) is 3.62. The van der Waals surface area contributed by atoms with Crippen molar-refractivity contribution in [3.05, 3.63) is 0 Å². The molecule has 0 atom stereocenters. The fraction of sp³-hybridized carbons (Fsp3) is 0.900. The van der Waals surface area contributed by atoms with Gasteiger partial charge >= 0.3 is 41.8 Å². The van der Waals surface area contributed by atoms with Crippen LogP contribution in [0, 0.1) is 0 Å². The number of carbonyl (C=O) groups is 1. The quantitative estimate of drug-likeness (QED) is 0.482. The van der Waals surface area contributed by atoms with Crippen molar-refractivity contribution in [1.29, 1.82) is 0 Å². The van der Waals surface area contributed by atoms with Gasteiger partial charge in [-0.05, 0) is 0 Å². The number of ether oxygens (including phenoxy) is 1. The van der Waals surface area contributed by atoms with Crippen LogP contribution in [0.4, 0.5) is 57.1 Å². The Hall–Kier alpha value is -1.48. The first-order chi connectivity index (χ1) is 11.2. The summed E-state index contributed by atoms with van der Waals surface area (Å²) in [6.07, 6.45) is -10.1. The maximum absolute atomic E-state index is 13.2. The maximum Gasteiger partial charge on any atom is 0.460 e. The summed E-state index contributed by atoms with van der Waals surface area (Å²) in [5, 5.41) is 0. The van der Waals surface area contributed by atoms with E-state index in [0.29, 0.717) is 0 Å². The Balaban J connectivity index is 5.81. The van der Waals surface area contributed by atoms with Crippen molar-refractivity contribution in [2.75, 3.05) is 13.2 Å². The summed E-state index contributed by atoms with van der Waals surface area (Å²) in [5.74, 6) is -38.7. The van der Waals surface area contributed by atoms with E-state index in [2.05, 4.69) is 10.5 Å². The van der Waals surface area contributed by atoms with E-state index in [1.807, 2.05) is 0 Å². The van der Waals surface area contributed by atoms with Crippen LogP contribution in [0.5, 0.6) is 0 Å². The first-order valence-corrected chi connectivity index (χ1v) is 6.02. The van der Waals surface area contributed by atoms with Crippen LogP contribution < -0.4 is 5.73 Å². The van der Waals surface area contributed by atoms with Gasteiger partial charge in [-0.2, -0.15) is 57.1 Å². The number of carbonyl (C=O) groups excluding carboxylic acids is 1. The summed E-state index contributed by atoms with van der Waals surface area (Å²) in [6.45, 7) is -2.77. The lowest BCUT2D eigenvalue weighted by Gasteiger charge is -2.39. The van der Waals surface area contributed by atoms with Gasteiger partial charge in [0, 0.05) is 0 Å². The molecule has 0 saturated heterocycles. The van der Waals surface area contributed by atoms with E-state index in [4.69, 9.17) is 0 Å². The van der Waals surface area contributed by atoms with Crippen molar-refractivity contribution >= 4 is 5.97 Å². The van der Waals surface area contributed by atoms with Gasteiger partial charge in [0.05, 0.1) is 19.6 Å².